The summed E-state index contributed by atoms with van der Waals surface area (Å²) in [5.41, 5.74) is -1.62. The number of carbonyl (C=O) groups is 4. The van der Waals surface area contributed by atoms with Crippen molar-refractivity contribution in [1.29, 1.82) is 0 Å². The molecular weight excluding hydrogens is 486 g/mol. The largest absolute Gasteiger partial charge is 0.480 e. The number of halogens is 1. The van der Waals surface area contributed by atoms with Gasteiger partial charge in [0.05, 0.1) is 0 Å². The number of hydrogen-bond acceptors (Lipinski definition) is 5. The van der Waals surface area contributed by atoms with E-state index in [0.717, 1.165) is 0 Å². The number of aliphatic carboxylic acids is 1. The molecule has 9 nitrogen and oxygen atoms in total. The van der Waals surface area contributed by atoms with Gasteiger partial charge in [-0.05, 0) is 57.7 Å². The number of amides is 3. The van der Waals surface area contributed by atoms with Gasteiger partial charge in [-0.3, -0.25) is 9.59 Å². The second kappa shape index (κ2) is 9.57. The Hall–Kier alpha value is -2.81. The van der Waals surface area contributed by atoms with Crippen LogP contribution in [0.3, 0.4) is 0 Å². The van der Waals surface area contributed by atoms with Crippen molar-refractivity contribution in [3.8, 4) is 0 Å². The van der Waals surface area contributed by atoms with Gasteiger partial charge in [-0.15, -0.1) is 0 Å². The van der Waals surface area contributed by atoms with Gasteiger partial charge in [-0.25, -0.2) is 9.59 Å². The number of hydrogen-bond donors (Lipinski definition) is 2. The molecule has 0 aromatic heterocycles. The van der Waals surface area contributed by atoms with E-state index < -0.39 is 52.5 Å². The summed E-state index contributed by atoms with van der Waals surface area (Å²) < 4.78 is 5.36. The number of alkyl carbamates (subject to hydrolysis) is 1. The molecule has 0 aliphatic carbocycles. The molecule has 2 aliphatic rings. The fraction of sp³-hybridized carbons (Fsp3) is 0.615. The first-order valence-corrected chi connectivity index (χ1v) is 12.4. The first kappa shape index (κ1) is 27.8. The zero-order valence-corrected chi connectivity index (χ0v) is 22.7. The van der Waals surface area contributed by atoms with Gasteiger partial charge in [0.1, 0.15) is 17.7 Å². The summed E-state index contributed by atoms with van der Waals surface area (Å²) in [5.74, 6) is -1.81. The molecule has 2 fully saturated rings. The molecule has 3 amide bonds. The quantitative estimate of drug-likeness (QED) is 0.616. The van der Waals surface area contributed by atoms with Gasteiger partial charge in [0.15, 0.2) is 0 Å². The number of rotatable bonds is 4. The average Bonchev–Trinajstić information content (AvgIpc) is 3.20. The molecule has 198 valence electrons. The van der Waals surface area contributed by atoms with E-state index in [1.54, 1.807) is 77.6 Å². The van der Waals surface area contributed by atoms with Crippen molar-refractivity contribution >= 4 is 41.2 Å². The SMILES string of the molecule is CC1N(C(=O)[C@@H](NC(=O)OC(C)(C)C)C(C)(C)C)[C@H](C(=O)O)C[C@@]12CC(=O)N(c1cccc(Cl)c1)C2. The Bertz CT molecular complexity index is 1060. The van der Waals surface area contributed by atoms with Crippen LogP contribution in [-0.4, -0.2) is 64.2 Å². The van der Waals surface area contributed by atoms with Gasteiger partial charge in [0.2, 0.25) is 11.8 Å². The van der Waals surface area contributed by atoms with Crippen LogP contribution in [-0.2, 0) is 19.1 Å². The number of nitrogens with zero attached hydrogens (tertiary/aromatic N) is 2. The predicted octanol–water partition coefficient (Wildman–Crippen LogP) is 4.08. The highest BCUT2D eigenvalue weighted by Gasteiger charge is 2.60. The molecule has 1 aromatic rings. The average molecular weight is 522 g/mol. The lowest BCUT2D eigenvalue weighted by Gasteiger charge is -2.38. The third-order valence-electron chi connectivity index (χ3n) is 6.95. The summed E-state index contributed by atoms with van der Waals surface area (Å²) in [6, 6.07) is 4.20. The molecule has 36 heavy (non-hydrogen) atoms. The van der Waals surface area contributed by atoms with Crippen molar-refractivity contribution in [2.75, 3.05) is 11.4 Å². The van der Waals surface area contributed by atoms with Crippen LogP contribution in [0.1, 0.15) is 61.3 Å². The van der Waals surface area contributed by atoms with E-state index in [-0.39, 0.29) is 25.3 Å². The van der Waals surface area contributed by atoms with Crippen LogP contribution in [0.25, 0.3) is 0 Å². The molecule has 2 N–H and O–H groups in total. The Morgan fingerprint density at radius 1 is 1.19 bits per heavy atom. The third-order valence-corrected chi connectivity index (χ3v) is 7.19. The van der Waals surface area contributed by atoms with E-state index in [9.17, 15) is 24.3 Å². The van der Waals surface area contributed by atoms with Crippen LogP contribution in [0.2, 0.25) is 5.02 Å². The molecule has 0 radical (unpaired) electrons. The molecule has 3 rings (SSSR count). The lowest BCUT2D eigenvalue weighted by molar-refractivity contribution is -0.151. The Morgan fingerprint density at radius 2 is 1.83 bits per heavy atom. The molecule has 1 unspecified atom stereocenters. The molecule has 10 heteroatoms. The number of carbonyl (C=O) groups excluding carboxylic acids is 3. The first-order chi connectivity index (χ1) is 16.4. The highest BCUT2D eigenvalue weighted by atomic mass is 35.5. The molecule has 0 saturated carbocycles. The summed E-state index contributed by atoms with van der Waals surface area (Å²) in [4.78, 5) is 54.8. The van der Waals surface area contributed by atoms with E-state index in [4.69, 9.17) is 16.3 Å². The van der Waals surface area contributed by atoms with Gasteiger partial charge in [0, 0.05) is 35.1 Å². The molecule has 1 aromatic carbocycles. The number of benzene rings is 1. The molecule has 4 atom stereocenters. The van der Waals surface area contributed by atoms with E-state index in [1.807, 2.05) is 0 Å². The van der Waals surface area contributed by atoms with E-state index in [0.29, 0.717) is 10.7 Å². The Morgan fingerprint density at radius 3 is 2.36 bits per heavy atom. The number of carboxylic acid groups (broad SMARTS) is 1. The highest BCUT2D eigenvalue weighted by Crippen LogP contribution is 2.49. The number of anilines is 1. The standard InChI is InChI=1S/C26H36ClN3O6/c1-15-26(13-19(31)29(14-26)17-10-8-9-16(27)11-17)12-18(22(33)34)30(15)21(32)20(24(2,3)4)28-23(35)36-25(5,6)7/h8-11,15,18,20H,12-14H2,1-7H3,(H,28,35)(H,33,34)/t15?,18-,20+,26-/m0/s1. The van der Waals surface area contributed by atoms with E-state index in [2.05, 4.69) is 5.32 Å². The Kier molecular flexibility index (Phi) is 7.39. The fourth-order valence-electron chi connectivity index (χ4n) is 5.14. The number of likely N-dealkylation sites (tertiary alicyclic amines) is 1. The van der Waals surface area contributed by atoms with Gasteiger partial charge in [0.25, 0.3) is 0 Å². The zero-order chi connectivity index (χ0) is 27.2. The van der Waals surface area contributed by atoms with Crippen molar-refractivity contribution in [2.24, 2.45) is 10.8 Å². The van der Waals surface area contributed by atoms with Gasteiger partial charge >= 0.3 is 12.1 Å². The van der Waals surface area contributed by atoms with Crippen molar-refractivity contribution in [3.05, 3.63) is 29.3 Å². The highest BCUT2D eigenvalue weighted by molar-refractivity contribution is 6.31. The first-order valence-electron chi connectivity index (χ1n) is 12.1. The van der Waals surface area contributed by atoms with Crippen LogP contribution in [0.5, 0.6) is 0 Å². The molecule has 2 saturated heterocycles. The minimum absolute atomic E-state index is 0.105. The van der Waals surface area contributed by atoms with Crippen LogP contribution in [0.4, 0.5) is 10.5 Å². The Labute approximate surface area is 217 Å². The maximum atomic E-state index is 13.9. The summed E-state index contributed by atoms with van der Waals surface area (Å²) in [7, 11) is 0. The Balaban J connectivity index is 1.93. The van der Waals surface area contributed by atoms with Crippen molar-refractivity contribution in [3.63, 3.8) is 0 Å². The molecule has 0 bridgehead atoms. The second-order valence-electron chi connectivity index (χ2n) is 11.9. The normalized spacial score (nSPS) is 25.3. The smallest absolute Gasteiger partial charge is 0.408 e. The maximum Gasteiger partial charge on any atom is 0.408 e. The topological polar surface area (TPSA) is 116 Å². The summed E-state index contributed by atoms with van der Waals surface area (Å²) in [6.07, 6.45) is -0.526. The minimum Gasteiger partial charge on any atom is -0.480 e. The van der Waals surface area contributed by atoms with Crippen LogP contribution in [0.15, 0.2) is 24.3 Å². The lowest BCUT2D eigenvalue weighted by Crippen LogP contribution is -2.59. The predicted molar refractivity (Wildman–Crippen MR) is 136 cm³/mol. The molecular formula is C26H36ClN3O6. The molecule has 2 aliphatic heterocycles. The summed E-state index contributed by atoms with van der Waals surface area (Å²) in [5, 5.41) is 13.2. The fourth-order valence-corrected chi connectivity index (χ4v) is 5.33. The van der Waals surface area contributed by atoms with Crippen LogP contribution < -0.4 is 10.2 Å². The zero-order valence-electron chi connectivity index (χ0n) is 21.9. The van der Waals surface area contributed by atoms with Gasteiger partial charge < -0.3 is 25.0 Å². The lowest BCUT2D eigenvalue weighted by atomic mass is 9.79. The van der Waals surface area contributed by atoms with Crippen molar-refractivity contribution < 1.29 is 29.0 Å². The van der Waals surface area contributed by atoms with Crippen molar-refractivity contribution in [1.82, 2.24) is 10.2 Å². The van der Waals surface area contributed by atoms with Crippen molar-refractivity contribution in [2.45, 2.75) is 85.0 Å². The van der Waals surface area contributed by atoms with Crippen LogP contribution in [0, 0.1) is 10.8 Å². The second-order valence-corrected chi connectivity index (χ2v) is 12.4. The minimum atomic E-state index is -1.15. The number of nitrogens with one attached hydrogen (secondary N) is 1. The van der Waals surface area contributed by atoms with Gasteiger partial charge in [-0.2, -0.15) is 0 Å². The van der Waals surface area contributed by atoms with Gasteiger partial charge in [-0.1, -0.05) is 38.4 Å². The summed E-state index contributed by atoms with van der Waals surface area (Å²) in [6.45, 7) is 12.6. The van der Waals surface area contributed by atoms with Crippen LogP contribution >= 0.6 is 11.6 Å². The molecule has 2 heterocycles. The summed E-state index contributed by atoms with van der Waals surface area (Å²) >= 11 is 6.13. The third kappa shape index (κ3) is 5.61. The number of ether oxygens (including phenoxy) is 1. The van der Waals surface area contributed by atoms with E-state index in [1.165, 1.54) is 4.90 Å². The molecule has 1 spiro atoms. The number of carboxylic acids is 1. The van der Waals surface area contributed by atoms with E-state index >= 15 is 0 Å². The maximum absolute atomic E-state index is 13.9. The monoisotopic (exact) mass is 521 g/mol.